The monoisotopic (exact) mass is 378 g/mol. The highest BCUT2D eigenvalue weighted by atomic mass is 32.2. The molecule has 26 heavy (non-hydrogen) atoms. The summed E-state index contributed by atoms with van der Waals surface area (Å²) in [7, 11) is 2.07. The maximum atomic E-state index is 12.8. The Morgan fingerprint density at radius 1 is 1.27 bits per heavy atom. The van der Waals surface area contributed by atoms with Crippen LogP contribution in [0.15, 0.2) is 23.1 Å². The average Bonchev–Trinajstić information content (AvgIpc) is 2.66. The van der Waals surface area contributed by atoms with E-state index in [1.165, 1.54) is 0 Å². The van der Waals surface area contributed by atoms with Crippen molar-refractivity contribution in [1.82, 2.24) is 15.3 Å². The number of rotatable bonds is 4. The minimum Gasteiger partial charge on any atom is -0.370 e. The van der Waals surface area contributed by atoms with Gasteiger partial charge in [-0.05, 0) is 32.2 Å². The second-order valence-electron chi connectivity index (χ2n) is 6.80. The first-order valence-electron chi connectivity index (χ1n) is 8.98. The maximum absolute atomic E-state index is 12.8. The topological polar surface area (TPSA) is 76.1 Å². The molecule has 0 radical (unpaired) electrons. The number of nitrogens with one attached hydrogen (secondary N) is 1. The van der Waals surface area contributed by atoms with Gasteiger partial charge in [0.25, 0.3) is 5.91 Å². The third kappa shape index (κ3) is 4.13. The maximum Gasteiger partial charge on any atom is 0.254 e. The van der Waals surface area contributed by atoms with Crippen LogP contribution in [0, 0.1) is 0 Å². The van der Waals surface area contributed by atoms with E-state index in [1.807, 2.05) is 23.1 Å². The van der Waals surface area contributed by atoms with Crippen LogP contribution in [0.25, 0.3) is 0 Å². The molecule has 0 saturated carbocycles. The van der Waals surface area contributed by atoms with Gasteiger partial charge in [0.15, 0.2) is 0 Å². The molecule has 1 atom stereocenters. The van der Waals surface area contributed by atoms with E-state index in [9.17, 15) is 9.59 Å². The third-order valence-corrected chi connectivity index (χ3v) is 6.22. The second-order valence-corrected chi connectivity index (χ2v) is 8.14. The second kappa shape index (κ2) is 8.28. The molecule has 1 unspecified atom stereocenters. The quantitative estimate of drug-likeness (QED) is 0.607. The lowest BCUT2D eigenvalue weighted by atomic mass is 10.1. The highest BCUT2D eigenvalue weighted by Gasteiger charge is 2.28. The molecule has 0 aliphatic carbocycles. The van der Waals surface area contributed by atoms with E-state index in [4.69, 9.17) is 5.21 Å². The Hall–Kier alpha value is -1.77. The molecule has 1 saturated heterocycles. The van der Waals surface area contributed by atoms with E-state index in [2.05, 4.69) is 23.8 Å². The summed E-state index contributed by atoms with van der Waals surface area (Å²) in [4.78, 5) is 31.7. The number of likely N-dealkylation sites (N-methyl/N-ethyl adjacent to an activating group) is 1. The zero-order valence-electron chi connectivity index (χ0n) is 15.3. The number of carbonyl (C=O) groups is 2. The van der Waals surface area contributed by atoms with Crippen molar-refractivity contribution in [3.8, 4) is 0 Å². The van der Waals surface area contributed by atoms with Crippen molar-refractivity contribution >= 4 is 29.3 Å². The molecule has 8 heteroatoms. The lowest BCUT2D eigenvalue weighted by Gasteiger charge is -2.36. The van der Waals surface area contributed by atoms with E-state index >= 15 is 0 Å². The van der Waals surface area contributed by atoms with E-state index in [-0.39, 0.29) is 23.5 Å². The van der Waals surface area contributed by atoms with E-state index in [0.29, 0.717) is 6.54 Å². The molecule has 2 N–H and O–H groups in total. The molecular formula is C18H26N4O3S. The highest BCUT2D eigenvalue weighted by molar-refractivity contribution is 8.00. The summed E-state index contributed by atoms with van der Waals surface area (Å²) in [5.74, 6) is -0.285. The van der Waals surface area contributed by atoms with Gasteiger partial charge in [-0.3, -0.25) is 14.8 Å². The molecule has 1 aromatic rings. The van der Waals surface area contributed by atoms with Gasteiger partial charge in [0.2, 0.25) is 5.91 Å². The van der Waals surface area contributed by atoms with Gasteiger partial charge >= 0.3 is 0 Å². The van der Waals surface area contributed by atoms with Crippen molar-refractivity contribution < 1.29 is 14.8 Å². The number of carbonyl (C=O) groups excluding carboxylic acids is 2. The van der Waals surface area contributed by atoms with Gasteiger partial charge in [-0.25, -0.2) is 5.48 Å². The van der Waals surface area contributed by atoms with Crippen LogP contribution < -0.4 is 10.4 Å². The van der Waals surface area contributed by atoms with Crippen LogP contribution in [-0.2, 0) is 4.79 Å². The normalized spacial score (nSPS) is 20.7. The zero-order chi connectivity index (χ0) is 18.7. The number of amides is 2. The Morgan fingerprint density at radius 3 is 2.65 bits per heavy atom. The van der Waals surface area contributed by atoms with Crippen molar-refractivity contribution in [2.75, 3.05) is 51.2 Å². The largest absolute Gasteiger partial charge is 0.370 e. The summed E-state index contributed by atoms with van der Waals surface area (Å²) >= 11 is 1.63. The van der Waals surface area contributed by atoms with Crippen LogP contribution in [0.3, 0.4) is 0 Å². The van der Waals surface area contributed by atoms with Crippen molar-refractivity contribution in [1.29, 1.82) is 0 Å². The predicted octanol–water partition coefficient (Wildman–Crippen LogP) is 1.27. The number of thioether (sulfide) groups is 1. The zero-order valence-corrected chi connectivity index (χ0v) is 16.1. The average molecular weight is 378 g/mol. The molecular weight excluding hydrogens is 352 g/mol. The van der Waals surface area contributed by atoms with E-state index in [0.717, 1.165) is 48.9 Å². The fourth-order valence-electron chi connectivity index (χ4n) is 3.41. The van der Waals surface area contributed by atoms with Crippen LogP contribution in [-0.4, -0.2) is 78.4 Å². The van der Waals surface area contributed by atoms with Gasteiger partial charge in [-0.15, -0.1) is 11.8 Å². The van der Waals surface area contributed by atoms with Crippen LogP contribution >= 0.6 is 11.8 Å². The molecule has 2 amide bonds. The molecule has 142 valence electrons. The van der Waals surface area contributed by atoms with Gasteiger partial charge in [0, 0.05) is 61.4 Å². The summed E-state index contributed by atoms with van der Waals surface area (Å²) in [5, 5.41) is 8.83. The number of benzene rings is 1. The molecule has 2 heterocycles. The van der Waals surface area contributed by atoms with Crippen LogP contribution in [0.4, 0.5) is 5.69 Å². The van der Waals surface area contributed by atoms with Crippen molar-refractivity contribution in [3.63, 3.8) is 0 Å². The Bertz CT molecular complexity index is 676. The number of hydrogen-bond acceptors (Lipinski definition) is 6. The number of piperazine rings is 1. The standard InChI is InChI=1S/C18H26N4O3S/c1-3-21-12-14(11-17(23)19-25)26-16-5-4-13(10-15(16)21)18(24)22-8-6-20(2)7-9-22/h4-5,10,14,25H,3,6-9,11-12H2,1-2H3,(H,19,23). The van der Waals surface area contributed by atoms with Gasteiger partial charge in [0.05, 0.1) is 5.69 Å². The van der Waals surface area contributed by atoms with Crippen LogP contribution in [0.2, 0.25) is 0 Å². The van der Waals surface area contributed by atoms with Gasteiger partial charge in [-0.2, -0.15) is 0 Å². The van der Waals surface area contributed by atoms with E-state index < -0.39 is 0 Å². The molecule has 0 bridgehead atoms. The fraction of sp³-hybridized carbons (Fsp3) is 0.556. The Morgan fingerprint density at radius 2 is 2.00 bits per heavy atom. The summed E-state index contributed by atoms with van der Waals surface area (Å²) in [6.45, 7) is 6.92. The highest BCUT2D eigenvalue weighted by Crippen LogP contribution is 2.40. The third-order valence-electron chi connectivity index (χ3n) is 4.97. The van der Waals surface area contributed by atoms with Crippen LogP contribution in [0.1, 0.15) is 23.7 Å². The summed E-state index contributed by atoms with van der Waals surface area (Å²) < 4.78 is 0. The number of hydrogen-bond donors (Lipinski definition) is 2. The van der Waals surface area contributed by atoms with Gasteiger partial charge in [-0.1, -0.05) is 0 Å². The van der Waals surface area contributed by atoms with Crippen molar-refractivity contribution in [2.45, 2.75) is 23.5 Å². The Balaban J connectivity index is 1.77. The smallest absolute Gasteiger partial charge is 0.254 e. The number of fused-ring (bicyclic) bond motifs is 1. The SMILES string of the molecule is CCN1CC(CC(=O)NO)Sc2ccc(C(=O)N3CCN(C)CC3)cc21. The molecule has 2 aliphatic heterocycles. The predicted molar refractivity (Wildman–Crippen MR) is 102 cm³/mol. The molecule has 7 nitrogen and oxygen atoms in total. The van der Waals surface area contributed by atoms with Crippen LogP contribution in [0.5, 0.6) is 0 Å². The molecule has 1 aromatic carbocycles. The lowest BCUT2D eigenvalue weighted by molar-refractivity contribution is -0.129. The number of anilines is 1. The minimum atomic E-state index is -0.371. The van der Waals surface area contributed by atoms with Gasteiger partial charge in [0.1, 0.15) is 0 Å². The molecule has 0 spiro atoms. The molecule has 0 aromatic heterocycles. The fourth-order valence-corrected chi connectivity index (χ4v) is 4.71. The first-order chi connectivity index (χ1) is 12.5. The Kier molecular flexibility index (Phi) is 6.05. The molecule has 3 rings (SSSR count). The summed E-state index contributed by atoms with van der Waals surface area (Å²) in [5.41, 5.74) is 3.48. The Labute approximate surface area is 158 Å². The number of hydroxylamine groups is 1. The molecule has 2 aliphatic rings. The lowest BCUT2D eigenvalue weighted by Crippen LogP contribution is -2.47. The summed E-state index contributed by atoms with van der Waals surface area (Å²) in [6.07, 6.45) is 0.263. The van der Waals surface area contributed by atoms with E-state index in [1.54, 1.807) is 17.2 Å². The minimum absolute atomic E-state index is 0.0776. The van der Waals surface area contributed by atoms with Crippen molar-refractivity contribution in [3.05, 3.63) is 23.8 Å². The summed E-state index contributed by atoms with van der Waals surface area (Å²) in [6, 6.07) is 5.85. The first-order valence-corrected chi connectivity index (χ1v) is 9.86. The number of nitrogens with zero attached hydrogens (tertiary/aromatic N) is 3. The molecule has 1 fully saturated rings. The van der Waals surface area contributed by atoms with Gasteiger partial charge < -0.3 is 14.7 Å². The first kappa shape index (κ1) is 19.0. The van der Waals surface area contributed by atoms with Crippen molar-refractivity contribution in [2.24, 2.45) is 0 Å².